The number of rotatable bonds is 5. The van der Waals surface area contributed by atoms with Gasteiger partial charge >= 0.3 is 6.18 Å². The molecule has 21 heavy (non-hydrogen) atoms. The molecule has 118 valence electrons. The summed E-state index contributed by atoms with van der Waals surface area (Å²) in [7, 11) is 0. The van der Waals surface area contributed by atoms with Crippen LogP contribution in [-0.2, 0) is 6.18 Å². The van der Waals surface area contributed by atoms with Crippen molar-refractivity contribution >= 4 is 27.5 Å². The Bertz CT molecular complexity index is 530. The molecule has 4 nitrogen and oxygen atoms in total. The smallest absolute Gasteiger partial charge is 0.409 e. The van der Waals surface area contributed by atoms with Crippen molar-refractivity contribution in [3.05, 3.63) is 28.2 Å². The van der Waals surface area contributed by atoms with E-state index in [1.165, 1.54) is 0 Å². The monoisotopic (exact) mass is 367 g/mol. The second-order valence-corrected chi connectivity index (χ2v) is 6.19. The summed E-state index contributed by atoms with van der Waals surface area (Å²) in [6.07, 6.45) is -3.90. The van der Waals surface area contributed by atoms with Crippen LogP contribution in [0.15, 0.2) is 27.8 Å². The van der Waals surface area contributed by atoms with Crippen molar-refractivity contribution in [2.24, 2.45) is 16.3 Å². The average molecular weight is 368 g/mol. The van der Waals surface area contributed by atoms with Crippen molar-refractivity contribution in [1.82, 2.24) is 0 Å². The maximum absolute atomic E-state index is 12.7. The van der Waals surface area contributed by atoms with E-state index in [1.807, 2.05) is 0 Å². The molecule has 8 heteroatoms. The number of oxime groups is 1. The summed E-state index contributed by atoms with van der Waals surface area (Å²) in [5.74, 6) is 0.0783. The summed E-state index contributed by atoms with van der Waals surface area (Å²) in [6, 6.07) is 3.62. The molecular formula is C13H17BrF3N3O. The molecule has 0 saturated carbocycles. The van der Waals surface area contributed by atoms with E-state index in [1.54, 1.807) is 19.9 Å². The molecule has 1 rings (SSSR count). The number of amidine groups is 1. The predicted molar refractivity (Wildman–Crippen MR) is 79.4 cm³/mol. The Hall–Kier alpha value is -1.44. The van der Waals surface area contributed by atoms with Crippen LogP contribution in [0.25, 0.3) is 0 Å². The number of nitrogens with one attached hydrogen (secondary N) is 1. The lowest BCUT2D eigenvalue weighted by Crippen LogP contribution is -2.33. The number of halogens is 4. The van der Waals surface area contributed by atoms with Crippen molar-refractivity contribution in [3.8, 4) is 0 Å². The molecule has 0 unspecified atom stereocenters. The summed E-state index contributed by atoms with van der Waals surface area (Å²) in [5.41, 5.74) is 4.62. The molecule has 1 aromatic carbocycles. The van der Waals surface area contributed by atoms with Gasteiger partial charge in [0.05, 0.1) is 5.56 Å². The topological polar surface area (TPSA) is 70.6 Å². The van der Waals surface area contributed by atoms with Crippen molar-refractivity contribution in [2.45, 2.75) is 26.4 Å². The van der Waals surface area contributed by atoms with Gasteiger partial charge in [0.1, 0.15) is 5.84 Å². The zero-order valence-electron chi connectivity index (χ0n) is 11.6. The molecule has 0 spiro atoms. The Kier molecular flexibility index (Phi) is 5.49. The second kappa shape index (κ2) is 6.55. The molecule has 0 heterocycles. The molecule has 0 aliphatic carbocycles. The van der Waals surface area contributed by atoms with Gasteiger partial charge in [0.2, 0.25) is 0 Å². The molecule has 0 aliphatic heterocycles. The largest absolute Gasteiger partial charge is 0.416 e. The van der Waals surface area contributed by atoms with Crippen molar-refractivity contribution in [1.29, 1.82) is 0 Å². The first kappa shape index (κ1) is 17.6. The molecule has 0 fully saturated rings. The van der Waals surface area contributed by atoms with E-state index in [9.17, 15) is 13.2 Å². The summed E-state index contributed by atoms with van der Waals surface area (Å²) in [4.78, 5) is 0. The highest BCUT2D eigenvalue weighted by Crippen LogP contribution is 2.33. The third-order valence-corrected chi connectivity index (χ3v) is 3.56. The van der Waals surface area contributed by atoms with E-state index in [0.29, 0.717) is 23.1 Å². The fraction of sp³-hybridized carbons (Fsp3) is 0.462. The van der Waals surface area contributed by atoms with Crippen LogP contribution in [0, 0.1) is 5.41 Å². The molecule has 0 radical (unpaired) electrons. The van der Waals surface area contributed by atoms with Crippen molar-refractivity contribution < 1.29 is 18.4 Å². The molecule has 0 amide bonds. The third-order valence-electron chi connectivity index (χ3n) is 3.11. The highest BCUT2D eigenvalue weighted by atomic mass is 79.9. The first-order valence-corrected chi connectivity index (χ1v) is 6.95. The molecular weight excluding hydrogens is 351 g/mol. The van der Waals surface area contributed by atoms with Crippen LogP contribution in [0.4, 0.5) is 18.9 Å². The molecule has 0 aliphatic rings. The van der Waals surface area contributed by atoms with E-state index in [-0.39, 0.29) is 5.84 Å². The van der Waals surface area contributed by atoms with Gasteiger partial charge in [-0.2, -0.15) is 13.2 Å². The Morgan fingerprint density at radius 3 is 2.48 bits per heavy atom. The highest BCUT2D eigenvalue weighted by Gasteiger charge is 2.31. The minimum Gasteiger partial charge on any atom is -0.409 e. The lowest BCUT2D eigenvalue weighted by atomic mass is 9.88. The SMILES string of the molecule is CC(C)(CCNc1cc(Br)cc(C(F)(F)F)c1)C(N)=NO. The van der Waals surface area contributed by atoms with Crippen molar-refractivity contribution in [2.75, 3.05) is 11.9 Å². The van der Waals surface area contributed by atoms with Crippen LogP contribution >= 0.6 is 15.9 Å². The Morgan fingerprint density at radius 1 is 1.33 bits per heavy atom. The molecule has 0 saturated heterocycles. The normalized spacial score (nSPS) is 13.3. The van der Waals surface area contributed by atoms with Gasteiger partial charge in [0, 0.05) is 22.1 Å². The summed E-state index contributed by atoms with van der Waals surface area (Å²) in [6.45, 7) is 3.95. The van der Waals surface area contributed by atoms with Crippen LogP contribution < -0.4 is 11.1 Å². The summed E-state index contributed by atoms with van der Waals surface area (Å²) >= 11 is 3.06. The fourth-order valence-electron chi connectivity index (χ4n) is 1.64. The summed E-state index contributed by atoms with van der Waals surface area (Å²) < 4.78 is 38.4. The fourth-order valence-corrected chi connectivity index (χ4v) is 2.13. The zero-order chi connectivity index (χ0) is 16.3. The van der Waals surface area contributed by atoms with Gasteiger partial charge in [0.15, 0.2) is 0 Å². The molecule has 1 aromatic rings. The number of hydrogen-bond donors (Lipinski definition) is 3. The molecule has 0 bridgehead atoms. The lowest BCUT2D eigenvalue weighted by molar-refractivity contribution is -0.137. The van der Waals surface area contributed by atoms with E-state index >= 15 is 0 Å². The number of nitrogens with two attached hydrogens (primary N) is 1. The Morgan fingerprint density at radius 2 is 1.95 bits per heavy atom. The minimum absolute atomic E-state index is 0.0783. The number of hydrogen-bond acceptors (Lipinski definition) is 3. The van der Waals surface area contributed by atoms with E-state index < -0.39 is 17.2 Å². The van der Waals surface area contributed by atoms with Crippen LogP contribution in [0.1, 0.15) is 25.8 Å². The third kappa shape index (κ3) is 5.11. The quantitative estimate of drug-likeness (QED) is 0.318. The number of alkyl halides is 3. The van der Waals surface area contributed by atoms with Gasteiger partial charge in [-0.1, -0.05) is 34.9 Å². The van der Waals surface area contributed by atoms with Crippen LogP contribution in [0.5, 0.6) is 0 Å². The number of nitrogens with zero attached hydrogens (tertiary/aromatic N) is 1. The lowest BCUT2D eigenvalue weighted by Gasteiger charge is -2.23. The van der Waals surface area contributed by atoms with E-state index in [0.717, 1.165) is 12.1 Å². The van der Waals surface area contributed by atoms with Crippen LogP contribution in [-0.4, -0.2) is 17.6 Å². The van der Waals surface area contributed by atoms with Gasteiger partial charge in [-0.15, -0.1) is 0 Å². The maximum atomic E-state index is 12.7. The van der Waals surface area contributed by atoms with Gasteiger partial charge in [-0.3, -0.25) is 0 Å². The minimum atomic E-state index is -4.40. The second-order valence-electron chi connectivity index (χ2n) is 5.27. The molecule has 0 atom stereocenters. The number of benzene rings is 1. The maximum Gasteiger partial charge on any atom is 0.416 e. The number of anilines is 1. The Labute approximate surface area is 129 Å². The van der Waals surface area contributed by atoms with Crippen molar-refractivity contribution in [3.63, 3.8) is 0 Å². The van der Waals surface area contributed by atoms with Crippen LogP contribution in [0.2, 0.25) is 0 Å². The first-order valence-electron chi connectivity index (χ1n) is 6.16. The predicted octanol–water partition coefficient (Wildman–Crippen LogP) is 4.04. The van der Waals surface area contributed by atoms with Gasteiger partial charge in [-0.25, -0.2) is 0 Å². The van der Waals surface area contributed by atoms with Gasteiger partial charge < -0.3 is 16.3 Å². The average Bonchev–Trinajstić information content (AvgIpc) is 2.35. The van der Waals surface area contributed by atoms with E-state index in [2.05, 4.69) is 26.4 Å². The van der Waals surface area contributed by atoms with Gasteiger partial charge in [0.25, 0.3) is 0 Å². The zero-order valence-corrected chi connectivity index (χ0v) is 13.2. The van der Waals surface area contributed by atoms with Gasteiger partial charge in [-0.05, 0) is 24.6 Å². The van der Waals surface area contributed by atoms with E-state index in [4.69, 9.17) is 10.9 Å². The first-order chi connectivity index (χ1) is 9.56. The molecule has 4 N–H and O–H groups in total. The summed E-state index contributed by atoms with van der Waals surface area (Å²) in [5, 5.41) is 14.5. The standard InChI is InChI=1S/C13H17BrF3N3O/c1-12(2,11(18)20-21)3-4-19-10-6-8(13(15,16)17)5-9(14)7-10/h5-7,19,21H,3-4H2,1-2H3,(H2,18,20). The molecule has 0 aromatic heterocycles. The highest BCUT2D eigenvalue weighted by molar-refractivity contribution is 9.10. The van der Waals surface area contributed by atoms with Crippen LogP contribution in [0.3, 0.4) is 0 Å². The Balaban J connectivity index is 2.75.